The van der Waals surface area contributed by atoms with E-state index in [4.69, 9.17) is 9.47 Å². The number of fused-ring (bicyclic) bond motifs is 1. The van der Waals surface area contributed by atoms with Crippen LogP contribution in [0.25, 0.3) is 10.9 Å². The Morgan fingerprint density at radius 2 is 1.88 bits per heavy atom. The molecule has 1 unspecified atom stereocenters. The van der Waals surface area contributed by atoms with Crippen LogP contribution in [0.5, 0.6) is 11.5 Å². The van der Waals surface area contributed by atoms with E-state index in [1.165, 1.54) is 0 Å². The topological polar surface area (TPSA) is 77.4 Å². The maximum absolute atomic E-state index is 11.2. The number of hydrogen-bond donors (Lipinski definition) is 1. The molecule has 0 saturated carbocycles. The van der Waals surface area contributed by atoms with Crippen LogP contribution in [0.4, 0.5) is 0 Å². The molecule has 2 aromatic carbocycles. The number of aromatic nitrogens is 1. The first-order valence-corrected chi connectivity index (χ1v) is 7.53. The van der Waals surface area contributed by atoms with Gasteiger partial charge >= 0.3 is 0 Å². The van der Waals surface area contributed by atoms with Gasteiger partial charge in [-0.05, 0) is 29.3 Å². The molecule has 1 aromatic heterocycles. The summed E-state index contributed by atoms with van der Waals surface area (Å²) in [5.41, 5.74) is 2.67. The first-order chi connectivity index (χ1) is 11.6. The van der Waals surface area contributed by atoms with Gasteiger partial charge in [0.05, 0.1) is 20.1 Å². The van der Waals surface area contributed by atoms with Gasteiger partial charge in [0, 0.05) is 22.0 Å². The number of aromatic amines is 1. The molecule has 0 radical (unpaired) electrons. The minimum atomic E-state index is -0.379. The number of para-hydroxylation sites is 1. The molecule has 1 heterocycles. The fourth-order valence-electron chi connectivity index (χ4n) is 2.98. The van der Waals surface area contributed by atoms with Gasteiger partial charge in [-0.15, -0.1) is 0 Å². The van der Waals surface area contributed by atoms with E-state index in [9.17, 15) is 10.1 Å². The van der Waals surface area contributed by atoms with Crippen LogP contribution in [0.3, 0.4) is 0 Å². The Balaban J connectivity index is 2.12. The minimum Gasteiger partial charge on any atom is -0.493 e. The van der Waals surface area contributed by atoms with Crippen LogP contribution in [0.2, 0.25) is 0 Å². The van der Waals surface area contributed by atoms with Crippen LogP contribution in [0, 0.1) is 10.1 Å². The second kappa shape index (κ2) is 6.62. The van der Waals surface area contributed by atoms with E-state index in [2.05, 4.69) is 4.98 Å². The molecule has 1 N–H and O–H groups in total. The van der Waals surface area contributed by atoms with E-state index in [0.29, 0.717) is 11.5 Å². The van der Waals surface area contributed by atoms with Crippen molar-refractivity contribution in [2.45, 2.75) is 5.92 Å². The molecule has 3 aromatic rings. The number of nitrogens with one attached hydrogen (secondary N) is 1. The lowest BCUT2D eigenvalue weighted by molar-refractivity contribution is -0.481. The highest BCUT2D eigenvalue weighted by atomic mass is 16.6. The molecule has 0 spiro atoms. The van der Waals surface area contributed by atoms with Gasteiger partial charge in [-0.2, -0.15) is 0 Å². The standard InChI is InChI=1S/C18H18N2O4/c1-23-17-8-7-12(9-18(17)24-2)15(11-20(21)22)14-10-19-16-6-4-3-5-13(14)16/h3-10,15,19H,11H2,1-2H3. The van der Waals surface area contributed by atoms with E-state index < -0.39 is 0 Å². The summed E-state index contributed by atoms with van der Waals surface area (Å²) in [7, 11) is 3.11. The van der Waals surface area contributed by atoms with Gasteiger partial charge in [0.1, 0.15) is 0 Å². The molecule has 0 aliphatic heterocycles. The summed E-state index contributed by atoms with van der Waals surface area (Å²) in [6.07, 6.45) is 1.84. The number of nitro groups is 1. The smallest absolute Gasteiger partial charge is 0.214 e. The Hall–Kier alpha value is -3.02. The largest absolute Gasteiger partial charge is 0.493 e. The molecule has 0 fully saturated rings. The third-order valence-corrected chi connectivity index (χ3v) is 4.14. The zero-order valence-electron chi connectivity index (χ0n) is 13.5. The first kappa shape index (κ1) is 15.9. The van der Waals surface area contributed by atoms with E-state index in [1.807, 2.05) is 36.5 Å². The number of methoxy groups -OCH3 is 2. The zero-order valence-corrected chi connectivity index (χ0v) is 13.5. The van der Waals surface area contributed by atoms with E-state index in [1.54, 1.807) is 26.4 Å². The van der Waals surface area contributed by atoms with Crippen molar-refractivity contribution >= 4 is 10.9 Å². The van der Waals surface area contributed by atoms with Crippen molar-refractivity contribution in [1.82, 2.24) is 4.98 Å². The highest BCUT2D eigenvalue weighted by molar-refractivity contribution is 5.84. The highest BCUT2D eigenvalue weighted by Gasteiger charge is 2.24. The van der Waals surface area contributed by atoms with Crippen molar-refractivity contribution in [1.29, 1.82) is 0 Å². The maximum Gasteiger partial charge on any atom is 0.214 e. The van der Waals surface area contributed by atoms with Gasteiger partial charge in [-0.1, -0.05) is 24.3 Å². The molecule has 3 rings (SSSR count). The maximum atomic E-state index is 11.2. The number of ether oxygens (including phenoxy) is 2. The average Bonchev–Trinajstić information content (AvgIpc) is 3.02. The number of rotatable bonds is 6. The predicted molar refractivity (Wildman–Crippen MR) is 91.5 cm³/mol. The Morgan fingerprint density at radius 3 is 2.58 bits per heavy atom. The van der Waals surface area contributed by atoms with Crippen LogP contribution < -0.4 is 9.47 Å². The van der Waals surface area contributed by atoms with Gasteiger partial charge in [-0.3, -0.25) is 10.1 Å². The van der Waals surface area contributed by atoms with Crippen LogP contribution in [-0.2, 0) is 0 Å². The van der Waals surface area contributed by atoms with E-state index in [-0.39, 0.29) is 17.4 Å². The molecular weight excluding hydrogens is 308 g/mol. The number of benzene rings is 2. The Bertz CT molecular complexity index is 872. The molecule has 0 saturated heterocycles. The second-order valence-electron chi connectivity index (χ2n) is 5.47. The van der Waals surface area contributed by atoms with Crippen LogP contribution in [0.1, 0.15) is 17.0 Å². The summed E-state index contributed by atoms with van der Waals surface area (Å²) < 4.78 is 10.6. The van der Waals surface area contributed by atoms with Crippen molar-refractivity contribution in [3.63, 3.8) is 0 Å². The minimum absolute atomic E-state index is 0.197. The fourth-order valence-corrected chi connectivity index (χ4v) is 2.98. The zero-order chi connectivity index (χ0) is 17.1. The van der Waals surface area contributed by atoms with Crippen molar-refractivity contribution in [3.05, 3.63) is 69.9 Å². The second-order valence-corrected chi connectivity index (χ2v) is 5.47. The summed E-state index contributed by atoms with van der Waals surface area (Å²) in [6.45, 7) is -0.197. The highest BCUT2D eigenvalue weighted by Crippen LogP contribution is 2.35. The first-order valence-electron chi connectivity index (χ1n) is 7.53. The van der Waals surface area contributed by atoms with Gasteiger partial charge in [0.25, 0.3) is 0 Å². The summed E-state index contributed by atoms with van der Waals surface area (Å²) >= 11 is 0. The fraction of sp³-hybridized carbons (Fsp3) is 0.222. The molecule has 0 amide bonds. The van der Waals surface area contributed by atoms with E-state index in [0.717, 1.165) is 22.0 Å². The number of nitrogens with zero attached hydrogens (tertiary/aromatic N) is 1. The quantitative estimate of drug-likeness (QED) is 0.554. The summed E-state index contributed by atoms with van der Waals surface area (Å²) in [5, 5.41) is 12.2. The molecular formula is C18H18N2O4. The lowest BCUT2D eigenvalue weighted by Gasteiger charge is -2.15. The lowest BCUT2D eigenvalue weighted by Crippen LogP contribution is -2.14. The third-order valence-electron chi connectivity index (χ3n) is 4.14. The van der Waals surface area contributed by atoms with Gasteiger partial charge in [0.2, 0.25) is 6.54 Å². The van der Waals surface area contributed by atoms with Gasteiger partial charge in [-0.25, -0.2) is 0 Å². The monoisotopic (exact) mass is 326 g/mol. The number of hydrogen-bond acceptors (Lipinski definition) is 4. The summed E-state index contributed by atoms with van der Waals surface area (Å²) in [4.78, 5) is 14.1. The van der Waals surface area contributed by atoms with Crippen molar-refractivity contribution < 1.29 is 14.4 Å². The molecule has 24 heavy (non-hydrogen) atoms. The molecule has 1 atom stereocenters. The Labute approximate surface area is 139 Å². The SMILES string of the molecule is COc1ccc(C(C[N+](=O)[O-])c2c[nH]c3ccccc23)cc1OC. The average molecular weight is 326 g/mol. The molecule has 6 nitrogen and oxygen atoms in total. The van der Waals surface area contributed by atoms with E-state index >= 15 is 0 Å². The normalized spacial score (nSPS) is 12.1. The van der Waals surface area contributed by atoms with Crippen molar-refractivity contribution in [3.8, 4) is 11.5 Å². The predicted octanol–water partition coefficient (Wildman–Crippen LogP) is 3.59. The summed E-state index contributed by atoms with van der Waals surface area (Å²) in [6, 6.07) is 13.2. The lowest BCUT2D eigenvalue weighted by atomic mass is 9.90. The van der Waals surface area contributed by atoms with Crippen molar-refractivity contribution in [2.24, 2.45) is 0 Å². The van der Waals surface area contributed by atoms with Crippen molar-refractivity contribution in [2.75, 3.05) is 20.8 Å². The third kappa shape index (κ3) is 2.90. The molecule has 0 aliphatic carbocycles. The number of H-pyrrole nitrogens is 1. The molecule has 6 heteroatoms. The Morgan fingerprint density at radius 1 is 1.12 bits per heavy atom. The van der Waals surface area contributed by atoms with Crippen LogP contribution in [-0.4, -0.2) is 30.7 Å². The Kier molecular flexibility index (Phi) is 4.37. The van der Waals surface area contributed by atoms with Gasteiger partial charge < -0.3 is 14.5 Å². The molecule has 124 valence electrons. The van der Waals surface area contributed by atoms with Crippen LogP contribution in [0.15, 0.2) is 48.7 Å². The molecule has 0 bridgehead atoms. The summed E-state index contributed by atoms with van der Waals surface area (Å²) in [5.74, 6) is 0.777. The van der Waals surface area contributed by atoms with Gasteiger partial charge in [0.15, 0.2) is 11.5 Å². The molecule has 0 aliphatic rings. The van der Waals surface area contributed by atoms with Crippen LogP contribution >= 0.6 is 0 Å².